The number of anilines is 2. The summed E-state index contributed by atoms with van der Waals surface area (Å²) in [5, 5.41) is 6.60. The Hall–Kier alpha value is -3.05. The van der Waals surface area contributed by atoms with Gasteiger partial charge in [0.25, 0.3) is 5.91 Å². The molecule has 0 saturated heterocycles. The van der Waals surface area contributed by atoms with E-state index in [9.17, 15) is 4.79 Å². The van der Waals surface area contributed by atoms with Crippen molar-refractivity contribution in [3.8, 4) is 5.75 Å². The summed E-state index contributed by atoms with van der Waals surface area (Å²) in [5.74, 6) is 1.02. The van der Waals surface area contributed by atoms with Gasteiger partial charge in [0, 0.05) is 29.0 Å². The molecule has 0 unspecified atom stereocenters. The number of nitrogens with zero attached hydrogens (tertiary/aromatic N) is 1. The Morgan fingerprint density at radius 2 is 1.96 bits per heavy atom. The standard InChI is InChI=1S/C20H18ClN3O2/c1-26-18-10-3-2-6-14(18)13-23-19-17(9-5-11-22-19)20(25)24-16-8-4-7-15(21)12-16/h2-12H,13H2,1H3,(H,22,23)(H,24,25). The fourth-order valence-electron chi connectivity index (χ4n) is 2.52. The molecule has 0 aliphatic heterocycles. The minimum absolute atomic E-state index is 0.261. The van der Waals surface area contributed by atoms with Crippen molar-refractivity contribution in [1.82, 2.24) is 4.98 Å². The highest BCUT2D eigenvalue weighted by atomic mass is 35.5. The van der Waals surface area contributed by atoms with E-state index in [4.69, 9.17) is 16.3 Å². The molecule has 0 aliphatic rings. The van der Waals surface area contributed by atoms with Crippen LogP contribution in [0.2, 0.25) is 5.02 Å². The molecule has 1 amide bonds. The van der Waals surface area contributed by atoms with Crippen LogP contribution >= 0.6 is 11.6 Å². The van der Waals surface area contributed by atoms with Crippen molar-refractivity contribution >= 4 is 29.0 Å². The summed E-state index contributed by atoms with van der Waals surface area (Å²) in [7, 11) is 1.63. The Kier molecular flexibility index (Phi) is 5.71. The third-order valence-electron chi connectivity index (χ3n) is 3.77. The second kappa shape index (κ2) is 8.36. The molecule has 2 aromatic carbocycles. The molecule has 0 saturated carbocycles. The van der Waals surface area contributed by atoms with Crippen LogP contribution in [0.25, 0.3) is 0 Å². The number of ether oxygens (including phenoxy) is 1. The first-order valence-electron chi connectivity index (χ1n) is 8.05. The first-order chi connectivity index (χ1) is 12.7. The maximum Gasteiger partial charge on any atom is 0.259 e. The number of pyridine rings is 1. The van der Waals surface area contributed by atoms with Crippen molar-refractivity contribution < 1.29 is 9.53 Å². The zero-order valence-electron chi connectivity index (χ0n) is 14.2. The normalized spacial score (nSPS) is 10.2. The van der Waals surface area contributed by atoms with E-state index in [-0.39, 0.29) is 5.91 Å². The van der Waals surface area contributed by atoms with E-state index in [1.165, 1.54) is 0 Å². The molecule has 26 heavy (non-hydrogen) atoms. The van der Waals surface area contributed by atoms with Crippen LogP contribution in [0.1, 0.15) is 15.9 Å². The summed E-state index contributed by atoms with van der Waals surface area (Å²) >= 11 is 5.96. The molecule has 0 fully saturated rings. The Morgan fingerprint density at radius 1 is 1.12 bits per heavy atom. The molecule has 1 heterocycles. The number of carbonyl (C=O) groups excluding carboxylic acids is 1. The molecule has 0 spiro atoms. The number of amides is 1. The average molecular weight is 368 g/mol. The van der Waals surface area contributed by atoms with Crippen LogP contribution in [0.15, 0.2) is 66.9 Å². The number of hydrogen-bond donors (Lipinski definition) is 2. The number of methoxy groups -OCH3 is 1. The molecule has 5 nitrogen and oxygen atoms in total. The van der Waals surface area contributed by atoms with Crippen LogP contribution in [0, 0.1) is 0 Å². The van der Waals surface area contributed by atoms with Gasteiger partial charge < -0.3 is 15.4 Å². The number of hydrogen-bond acceptors (Lipinski definition) is 4. The van der Waals surface area contributed by atoms with Crippen LogP contribution in [0.4, 0.5) is 11.5 Å². The molecule has 2 N–H and O–H groups in total. The van der Waals surface area contributed by atoms with Crippen molar-refractivity contribution in [1.29, 1.82) is 0 Å². The Bertz CT molecular complexity index is 915. The van der Waals surface area contributed by atoms with Gasteiger partial charge in [-0.2, -0.15) is 0 Å². The first kappa shape index (κ1) is 17.8. The summed E-state index contributed by atoms with van der Waals surface area (Å²) < 4.78 is 5.35. The molecule has 3 aromatic rings. The SMILES string of the molecule is COc1ccccc1CNc1ncccc1C(=O)Nc1cccc(Cl)c1. The molecular weight excluding hydrogens is 350 g/mol. The zero-order valence-corrected chi connectivity index (χ0v) is 15.0. The van der Waals surface area contributed by atoms with E-state index < -0.39 is 0 Å². The fraction of sp³-hybridized carbons (Fsp3) is 0.100. The maximum absolute atomic E-state index is 12.6. The second-order valence-corrected chi connectivity index (χ2v) is 5.97. The van der Waals surface area contributed by atoms with Gasteiger partial charge in [0.05, 0.1) is 12.7 Å². The van der Waals surface area contributed by atoms with Gasteiger partial charge in [-0.05, 0) is 36.4 Å². The van der Waals surface area contributed by atoms with Crippen LogP contribution in [-0.2, 0) is 6.54 Å². The smallest absolute Gasteiger partial charge is 0.259 e. The third kappa shape index (κ3) is 4.32. The third-order valence-corrected chi connectivity index (χ3v) is 4.01. The summed E-state index contributed by atoms with van der Waals surface area (Å²) in [6.45, 7) is 0.485. The number of aromatic nitrogens is 1. The van der Waals surface area contributed by atoms with Crippen molar-refractivity contribution in [2.45, 2.75) is 6.54 Å². The van der Waals surface area contributed by atoms with Gasteiger partial charge in [0.1, 0.15) is 11.6 Å². The van der Waals surface area contributed by atoms with E-state index in [1.54, 1.807) is 49.7 Å². The number of para-hydroxylation sites is 1. The van der Waals surface area contributed by atoms with E-state index >= 15 is 0 Å². The Morgan fingerprint density at radius 3 is 2.77 bits per heavy atom. The number of carbonyl (C=O) groups is 1. The lowest BCUT2D eigenvalue weighted by Crippen LogP contribution is -2.15. The second-order valence-electron chi connectivity index (χ2n) is 5.53. The molecule has 0 radical (unpaired) electrons. The molecule has 132 valence electrons. The van der Waals surface area contributed by atoms with Gasteiger partial charge >= 0.3 is 0 Å². The number of benzene rings is 2. The number of rotatable bonds is 6. The molecule has 0 aliphatic carbocycles. The van der Waals surface area contributed by atoms with Crippen LogP contribution in [-0.4, -0.2) is 18.0 Å². The molecule has 6 heteroatoms. The Labute approximate surface area is 157 Å². The molecular formula is C20H18ClN3O2. The highest BCUT2D eigenvalue weighted by Crippen LogP contribution is 2.21. The quantitative estimate of drug-likeness (QED) is 0.668. The van der Waals surface area contributed by atoms with Crippen molar-refractivity contribution in [2.75, 3.05) is 17.7 Å². The van der Waals surface area contributed by atoms with E-state index in [0.29, 0.717) is 28.6 Å². The van der Waals surface area contributed by atoms with Crippen molar-refractivity contribution in [2.24, 2.45) is 0 Å². The van der Waals surface area contributed by atoms with Gasteiger partial charge in [-0.1, -0.05) is 35.9 Å². The van der Waals surface area contributed by atoms with E-state index in [0.717, 1.165) is 11.3 Å². The first-order valence-corrected chi connectivity index (χ1v) is 8.43. The minimum atomic E-state index is -0.261. The maximum atomic E-state index is 12.6. The predicted octanol–water partition coefficient (Wildman–Crippen LogP) is 4.61. The average Bonchev–Trinajstić information content (AvgIpc) is 2.67. The van der Waals surface area contributed by atoms with Gasteiger partial charge in [-0.15, -0.1) is 0 Å². The molecule has 0 atom stereocenters. The van der Waals surface area contributed by atoms with Gasteiger partial charge in [0.15, 0.2) is 0 Å². The highest BCUT2D eigenvalue weighted by Gasteiger charge is 2.13. The lowest BCUT2D eigenvalue weighted by atomic mass is 10.2. The summed E-state index contributed by atoms with van der Waals surface area (Å²) in [6, 6.07) is 18.1. The van der Waals surface area contributed by atoms with Crippen molar-refractivity contribution in [3.05, 3.63) is 83.0 Å². The zero-order chi connectivity index (χ0) is 18.4. The van der Waals surface area contributed by atoms with Crippen LogP contribution < -0.4 is 15.4 Å². The van der Waals surface area contributed by atoms with Crippen molar-refractivity contribution in [3.63, 3.8) is 0 Å². The monoisotopic (exact) mass is 367 g/mol. The number of nitrogens with one attached hydrogen (secondary N) is 2. The van der Waals surface area contributed by atoms with E-state index in [2.05, 4.69) is 15.6 Å². The lowest BCUT2D eigenvalue weighted by Gasteiger charge is -2.13. The van der Waals surface area contributed by atoms with Gasteiger partial charge in [0.2, 0.25) is 0 Å². The molecule has 0 bridgehead atoms. The molecule has 1 aromatic heterocycles. The van der Waals surface area contributed by atoms with Crippen LogP contribution in [0.5, 0.6) is 5.75 Å². The minimum Gasteiger partial charge on any atom is -0.496 e. The largest absolute Gasteiger partial charge is 0.496 e. The van der Waals surface area contributed by atoms with Crippen LogP contribution in [0.3, 0.4) is 0 Å². The van der Waals surface area contributed by atoms with Gasteiger partial charge in [-0.25, -0.2) is 4.98 Å². The summed E-state index contributed by atoms with van der Waals surface area (Å²) in [5.41, 5.74) is 2.05. The molecule has 3 rings (SSSR count). The van der Waals surface area contributed by atoms with Gasteiger partial charge in [-0.3, -0.25) is 4.79 Å². The number of halogens is 1. The van der Waals surface area contributed by atoms with E-state index in [1.807, 2.05) is 24.3 Å². The lowest BCUT2D eigenvalue weighted by molar-refractivity contribution is 0.102. The summed E-state index contributed by atoms with van der Waals surface area (Å²) in [6.07, 6.45) is 1.64. The predicted molar refractivity (Wildman–Crippen MR) is 104 cm³/mol. The Balaban J connectivity index is 1.76. The topological polar surface area (TPSA) is 63.2 Å². The summed E-state index contributed by atoms with van der Waals surface area (Å²) in [4.78, 5) is 16.9. The highest BCUT2D eigenvalue weighted by molar-refractivity contribution is 6.31. The fourth-order valence-corrected chi connectivity index (χ4v) is 2.71.